The van der Waals surface area contributed by atoms with Gasteiger partial charge in [0.05, 0.1) is 37.2 Å². The normalized spacial score (nSPS) is 9.62. The predicted molar refractivity (Wildman–Crippen MR) is 98.5 cm³/mol. The Kier molecular flexibility index (Phi) is 7.51. The summed E-state index contributed by atoms with van der Waals surface area (Å²) in [5.74, 6) is 1.16. The molecule has 26 heavy (non-hydrogen) atoms. The van der Waals surface area contributed by atoms with Gasteiger partial charge >= 0.3 is 0 Å². The first-order valence-corrected chi connectivity index (χ1v) is 8.32. The third-order valence-electron chi connectivity index (χ3n) is 3.63. The number of para-hydroxylation sites is 3. The van der Waals surface area contributed by atoms with Crippen LogP contribution in [0, 0.1) is 22.7 Å². The number of nitriles is 2. The van der Waals surface area contributed by atoms with Crippen molar-refractivity contribution in [2.75, 3.05) is 25.0 Å². The zero-order valence-electron chi connectivity index (χ0n) is 14.4. The van der Waals surface area contributed by atoms with Crippen molar-refractivity contribution in [3.8, 4) is 23.6 Å². The molecule has 0 atom stereocenters. The summed E-state index contributed by atoms with van der Waals surface area (Å²) in [5.41, 5.74) is 0.699. The molecule has 1 N–H and O–H groups in total. The maximum absolute atomic E-state index is 12.4. The fraction of sp³-hybridized carbons (Fsp3) is 0.250. The predicted octanol–water partition coefficient (Wildman–Crippen LogP) is 3.55. The van der Waals surface area contributed by atoms with E-state index in [9.17, 15) is 4.79 Å². The summed E-state index contributed by atoms with van der Waals surface area (Å²) < 4.78 is 5.86. The SMILES string of the molecule is N#CCCN(CCC#N)C(=O)CNc1ccccc1Oc1ccccc1. The average molecular weight is 348 g/mol. The molecule has 6 nitrogen and oxygen atoms in total. The van der Waals surface area contributed by atoms with Gasteiger partial charge in [-0.05, 0) is 24.3 Å². The Hall–Kier alpha value is -3.51. The quantitative estimate of drug-likeness (QED) is 0.748. The maximum atomic E-state index is 12.4. The number of ether oxygens (including phenoxy) is 1. The lowest BCUT2D eigenvalue weighted by Gasteiger charge is -2.21. The van der Waals surface area contributed by atoms with E-state index in [1.807, 2.05) is 66.7 Å². The lowest BCUT2D eigenvalue weighted by atomic mass is 10.2. The molecule has 132 valence electrons. The van der Waals surface area contributed by atoms with Gasteiger partial charge in [-0.15, -0.1) is 0 Å². The lowest BCUT2D eigenvalue weighted by Crippen LogP contribution is -2.37. The van der Waals surface area contributed by atoms with Crippen LogP contribution in [0.25, 0.3) is 0 Å². The van der Waals surface area contributed by atoms with E-state index >= 15 is 0 Å². The summed E-state index contributed by atoms with van der Waals surface area (Å²) in [6.07, 6.45) is 0.482. The average Bonchev–Trinajstić information content (AvgIpc) is 2.68. The van der Waals surface area contributed by atoms with Gasteiger partial charge in [0, 0.05) is 13.1 Å². The summed E-state index contributed by atoms with van der Waals surface area (Å²) in [6, 6.07) is 20.8. The van der Waals surface area contributed by atoms with Crippen LogP contribution in [0.15, 0.2) is 54.6 Å². The summed E-state index contributed by atoms with van der Waals surface area (Å²) in [4.78, 5) is 13.9. The van der Waals surface area contributed by atoms with Gasteiger partial charge in [-0.1, -0.05) is 30.3 Å². The highest BCUT2D eigenvalue weighted by atomic mass is 16.5. The van der Waals surface area contributed by atoms with Gasteiger partial charge in [0.2, 0.25) is 5.91 Å². The van der Waals surface area contributed by atoms with Gasteiger partial charge < -0.3 is 15.0 Å². The van der Waals surface area contributed by atoms with Crippen LogP contribution in [0.2, 0.25) is 0 Å². The van der Waals surface area contributed by atoms with E-state index in [1.165, 1.54) is 4.90 Å². The molecule has 0 unspecified atom stereocenters. The maximum Gasteiger partial charge on any atom is 0.241 e. The van der Waals surface area contributed by atoms with Crippen LogP contribution in [0.5, 0.6) is 11.5 Å². The molecule has 1 amide bonds. The molecule has 2 aromatic rings. The molecule has 0 saturated carbocycles. The number of hydrogen-bond acceptors (Lipinski definition) is 5. The minimum atomic E-state index is -0.162. The van der Waals surface area contributed by atoms with Crippen molar-refractivity contribution in [1.29, 1.82) is 10.5 Å². The topological polar surface area (TPSA) is 89.2 Å². The highest BCUT2D eigenvalue weighted by molar-refractivity contribution is 5.81. The first kappa shape index (κ1) is 18.8. The van der Waals surface area contributed by atoms with Crippen LogP contribution in [0.3, 0.4) is 0 Å². The van der Waals surface area contributed by atoms with E-state index in [0.29, 0.717) is 30.3 Å². The minimum Gasteiger partial charge on any atom is -0.455 e. The van der Waals surface area contributed by atoms with E-state index in [4.69, 9.17) is 15.3 Å². The van der Waals surface area contributed by atoms with Crippen LogP contribution in [0.4, 0.5) is 5.69 Å². The van der Waals surface area contributed by atoms with E-state index in [2.05, 4.69) is 5.32 Å². The zero-order chi connectivity index (χ0) is 18.6. The van der Waals surface area contributed by atoms with Crippen LogP contribution in [-0.4, -0.2) is 30.4 Å². The highest BCUT2D eigenvalue weighted by Crippen LogP contribution is 2.28. The summed E-state index contributed by atoms with van der Waals surface area (Å²) in [5, 5.41) is 20.5. The molecule has 0 aromatic heterocycles. The van der Waals surface area contributed by atoms with Crippen LogP contribution in [0.1, 0.15) is 12.8 Å². The first-order valence-electron chi connectivity index (χ1n) is 8.32. The Balaban J connectivity index is 2.00. The molecular weight excluding hydrogens is 328 g/mol. The van der Waals surface area contributed by atoms with E-state index < -0.39 is 0 Å². The zero-order valence-corrected chi connectivity index (χ0v) is 14.4. The number of hydrogen-bond donors (Lipinski definition) is 1. The number of nitrogens with one attached hydrogen (secondary N) is 1. The summed E-state index contributed by atoms with van der Waals surface area (Å²) in [6.45, 7) is 0.702. The summed E-state index contributed by atoms with van der Waals surface area (Å²) in [7, 11) is 0. The van der Waals surface area contributed by atoms with E-state index in [0.717, 1.165) is 0 Å². The van der Waals surface area contributed by atoms with Crippen molar-refractivity contribution in [3.63, 3.8) is 0 Å². The smallest absolute Gasteiger partial charge is 0.241 e. The van der Waals surface area contributed by atoms with Gasteiger partial charge in [0.1, 0.15) is 5.75 Å². The molecule has 0 heterocycles. The second-order valence-corrected chi connectivity index (χ2v) is 5.46. The van der Waals surface area contributed by atoms with Crippen molar-refractivity contribution in [2.45, 2.75) is 12.8 Å². The Morgan fingerprint density at radius 1 is 0.962 bits per heavy atom. The number of carbonyl (C=O) groups is 1. The highest BCUT2D eigenvalue weighted by Gasteiger charge is 2.13. The van der Waals surface area contributed by atoms with Crippen molar-refractivity contribution in [1.82, 2.24) is 4.90 Å². The Morgan fingerprint density at radius 2 is 1.58 bits per heavy atom. The number of nitrogens with zero attached hydrogens (tertiary/aromatic N) is 3. The Labute approximate surface area is 153 Å². The molecule has 0 aliphatic carbocycles. The molecule has 0 bridgehead atoms. The molecule has 0 spiro atoms. The van der Waals surface area contributed by atoms with Gasteiger partial charge in [-0.2, -0.15) is 10.5 Å². The van der Waals surface area contributed by atoms with Crippen LogP contribution < -0.4 is 10.1 Å². The molecule has 0 radical (unpaired) electrons. The van der Waals surface area contributed by atoms with Crippen molar-refractivity contribution in [3.05, 3.63) is 54.6 Å². The number of benzene rings is 2. The molecule has 6 heteroatoms. The number of carbonyl (C=O) groups excluding carboxylic acids is 1. The minimum absolute atomic E-state index is 0.0615. The van der Waals surface area contributed by atoms with Gasteiger partial charge in [-0.3, -0.25) is 4.79 Å². The molecule has 0 aliphatic heterocycles. The third-order valence-corrected chi connectivity index (χ3v) is 3.63. The fourth-order valence-corrected chi connectivity index (χ4v) is 2.33. The van der Waals surface area contributed by atoms with E-state index in [-0.39, 0.29) is 25.3 Å². The van der Waals surface area contributed by atoms with Gasteiger partial charge in [0.15, 0.2) is 5.75 Å². The molecule has 0 saturated heterocycles. The second-order valence-electron chi connectivity index (χ2n) is 5.46. The third kappa shape index (κ3) is 5.85. The monoisotopic (exact) mass is 348 g/mol. The molecular formula is C20H20N4O2. The van der Waals surface area contributed by atoms with Gasteiger partial charge in [0.25, 0.3) is 0 Å². The molecule has 2 aromatic carbocycles. The van der Waals surface area contributed by atoms with Crippen molar-refractivity contribution in [2.24, 2.45) is 0 Å². The second kappa shape index (κ2) is 10.4. The largest absolute Gasteiger partial charge is 0.455 e. The van der Waals surface area contributed by atoms with Crippen molar-refractivity contribution >= 4 is 11.6 Å². The first-order chi connectivity index (χ1) is 12.7. The van der Waals surface area contributed by atoms with Crippen LogP contribution in [-0.2, 0) is 4.79 Å². The number of anilines is 1. The molecule has 2 rings (SSSR count). The Bertz CT molecular complexity index is 775. The lowest BCUT2D eigenvalue weighted by molar-refractivity contribution is -0.129. The van der Waals surface area contributed by atoms with E-state index in [1.54, 1.807) is 0 Å². The van der Waals surface area contributed by atoms with Gasteiger partial charge in [-0.25, -0.2) is 0 Å². The molecule has 0 fully saturated rings. The summed E-state index contributed by atoms with van der Waals surface area (Å²) >= 11 is 0. The molecule has 0 aliphatic rings. The number of rotatable bonds is 9. The van der Waals surface area contributed by atoms with Crippen LogP contribution >= 0.6 is 0 Å². The number of amides is 1. The Morgan fingerprint density at radius 3 is 2.23 bits per heavy atom. The van der Waals surface area contributed by atoms with Crippen molar-refractivity contribution < 1.29 is 9.53 Å². The standard InChI is InChI=1S/C20H20N4O2/c21-12-6-14-24(15-7-13-22)20(25)16-23-18-10-4-5-11-19(18)26-17-8-2-1-3-9-17/h1-5,8-11,23H,6-7,14-16H2. The fourth-order valence-electron chi connectivity index (χ4n) is 2.33.